The van der Waals surface area contributed by atoms with Crippen LogP contribution in [0.15, 0.2) is 30.3 Å². The highest BCUT2D eigenvalue weighted by Crippen LogP contribution is 2.37. The summed E-state index contributed by atoms with van der Waals surface area (Å²) in [5.41, 5.74) is 1.07. The lowest BCUT2D eigenvalue weighted by molar-refractivity contribution is -0.142. The number of ether oxygens (including phenoxy) is 1. The zero-order valence-corrected chi connectivity index (χ0v) is 18.3. The number of halogens is 1. The Hall–Kier alpha value is -2.38. The Labute approximate surface area is 184 Å². The molecule has 1 aromatic carbocycles. The normalized spacial score (nSPS) is 19.0. The molecule has 2 N–H and O–H groups in total. The molecule has 1 aliphatic rings. The molecule has 1 aliphatic carbocycles. The summed E-state index contributed by atoms with van der Waals surface area (Å²) in [5, 5.41) is 13.7. The summed E-state index contributed by atoms with van der Waals surface area (Å²) < 4.78 is 5.37. The predicted octanol–water partition coefficient (Wildman–Crippen LogP) is 5.55. The summed E-state index contributed by atoms with van der Waals surface area (Å²) in [6.45, 7) is 2.67. The van der Waals surface area contributed by atoms with Crippen molar-refractivity contribution in [2.75, 3.05) is 11.4 Å². The van der Waals surface area contributed by atoms with E-state index >= 15 is 0 Å². The second-order valence-corrected chi connectivity index (χ2v) is 9.10. The number of aliphatic carboxylic acids is 1. The zero-order valence-electron chi connectivity index (χ0n) is 16.7. The number of fused-ring (bicyclic) bond motifs is 1. The van der Waals surface area contributed by atoms with Crippen LogP contribution in [0.2, 0.25) is 0 Å². The number of anilines is 1. The van der Waals surface area contributed by atoms with E-state index in [4.69, 9.17) is 26.3 Å². The predicted molar refractivity (Wildman–Crippen MR) is 120 cm³/mol. The third-order valence-electron chi connectivity index (χ3n) is 5.55. The molecule has 0 radical (unpaired) electrons. The van der Waals surface area contributed by atoms with Gasteiger partial charge in [0.15, 0.2) is 6.07 Å². The van der Waals surface area contributed by atoms with Crippen molar-refractivity contribution in [2.24, 2.45) is 5.92 Å². The molecule has 0 bridgehead atoms. The molecule has 2 aromatic heterocycles. The van der Waals surface area contributed by atoms with Gasteiger partial charge in [-0.25, -0.2) is 9.97 Å². The third kappa shape index (κ3) is 4.68. The molecule has 0 aliphatic heterocycles. The highest BCUT2D eigenvalue weighted by molar-refractivity contribution is 7.18. The fraction of sp³-hybridized carbons (Fsp3) is 0.409. The van der Waals surface area contributed by atoms with Crippen LogP contribution in [-0.4, -0.2) is 27.1 Å². The summed E-state index contributed by atoms with van der Waals surface area (Å²) in [6.07, 6.45) is 2.98. The molecule has 8 heteroatoms. The number of aromatic nitrogens is 2. The van der Waals surface area contributed by atoms with E-state index in [1.54, 1.807) is 11.3 Å². The number of aryl methyl sites for hydroxylation is 1. The van der Waals surface area contributed by atoms with E-state index < -0.39 is 5.97 Å². The van der Waals surface area contributed by atoms with Crippen molar-refractivity contribution in [3.8, 4) is 5.75 Å². The van der Waals surface area contributed by atoms with Crippen molar-refractivity contribution in [1.29, 1.82) is 0 Å². The van der Waals surface area contributed by atoms with Crippen molar-refractivity contribution in [3.05, 3.63) is 46.6 Å². The quantitative estimate of drug-likeness (QED) is 0.464. The number of thiophene rings is 1. The molecule has 158 valence electrons. The van der Waals surface area contributed by atoms with E-state index in [2.05, 4.69) is 18.3 Å². The summed E-state index contributed by atoms with van der Waals surface area (Å²) in [6, 6.07) is 10.0. The van der Waals surface area contributed by atoms with Crippen molar-refractivity contribution >= 4 is 44.9 Å². The Morgan fingerprint density at radius 2 is 2.07 bits per heavy atom. The van der Waals surface area contributed by atoms with Gasteiger partial charge in [0, 0.05) is 17.3 Å². The monoisotopic (exact) mass is 445 g/mol. The fourth-order valence-corrected chi connectivity index (χ4v) is 4.98. The van der Waals surface area contributed by atoms with Crippen LogP contribution in [0.3, 0.4) is 0 Å². The first-order valence-electron chi connectivity index (χ1n) is 10.1. The summed E-state index contributed by atoms with van der Waals surface area (Å²) >= 11 is 7.32. The maximum atomic E-state index is 11.3. The van der Waals surface area contributed by atoms with Gasteiger partial charge >= 0.3 is 5.97 Å². The van der Waals surface area contributed by atoms with Gasteiger partial charge in [-0.05, 0) is 56.4 Å². The first-order chi connectivity index (χ1) is 14.5. The molecule has 0 saturated heterocycles. The van der Waals surface area contributed by atoms with Crippen LogP contribution in [-0.2, 0) is 11.3 Å². The van der Waals surface area contributed by atoms with Crippen LogP contribution in [0.4, 0.5) is 5.82 Å². The first-order valence-corrected chi connectivity index (χ1v) is 11.4. The standard InChI is InChI=1S/C22H24ClN3O3S/c1-13-9-18-20(24-11-14-3-2-4-17(10-14)29-12-23)25-19(26-21(18)30-13)15-5-7-16(8-6-15)22(27)28/h2-4,9-10,15-16H,5-8,11-12H2,1H3,(H,27,28)(H,24,25,26). The first kappa shape index (κ1) is 20.9. The number of benzene rings is 1. The molecule has 0 atom stereocenters. The molecule has 1 fully saturated rings. The number of carboxylic acids is 1. The zero-order chi connectivity index (χ0) is 21.1. The van der Waals surface area contributed by atoms with Crippen molar-refractivity contribution in [1.82, 2.24) is 9.97 Å². The lowest BCUT2D eigenvalue weighted by Crippen LogP contribution is -2.21. The molecule has 0 amide bonds. The van der Waals surface area contributed by atoms with E-state index in [0.717, 1.165) is 46.0 Å². The number of rotatable bonds is 7. The van der Waals surface area contributed by atoms with Gasteiger partial charge in [0.1, 0.15) is 22.2 Å². The third-order valence-corrected chi connectivity index (χ3v) is 6.61. The Morgan fingerprint density at radius 3 is 2.80 bits per heavy atom. The molecule has 0 unspecified atom stereocenters. The number of hydrogen-bond donors (Lipinski definition) is 2. The Kier molecular flexibility index (Phi) is 6.39. The van der Waals surface area contributed by atoms with Gasteiger partial charge in [0.2, 0.25) is 0 Å². The summed E-state index contributed by atoms with van der Waals surface area (Å²) in [5.74, 6) is 1.64. The van der Waals surface area contributed by atoms with Gasteiger partial charge in [0.25, 0.3) is 0 Å². The summed E-state index contributed by atoms with van der Waals surface area (Å²) in [7, 11) is 0. The van der Waals surface area contributed by atoms with Crippen LogP contribution in [0.5, 0.6) is 5.75 Å². The minimum Gasteiger partial charge on any atom is -0.481 e. The van der Waals surface area contributed by atoms with Crippen LogP contribution in [0.1, 0.15) is 47.9 Å². The van der Waals surface area contributed by atoms with Crippen LogP contribution >= 0.6 is 22.9 Å². The van der Waals surface area contributed by atoms with Gasteiger partial charge in [-0.1, -0.05) is 23.7 Å². The van der Waals surface area contributed by atoms with Crippen molar-refractivity contribution in [3.63, 3.8) is 0 Å². The van der Waals surface area contributed by atoms with Gasteiger partial charge in [-0.3, -0.25) is 4.79 Å². The lowest BCUT2D eigenvalue weighted by atomic mass is 9.81. The van der Waals surface area contributed by atoms with Crippen LogP contribution in [0.25, 0.3) is 10.2 Å². The molecule has 2 heterocycles. The van der Waals surface area contributed by atoms with E-state index in [1.807, 2.05) is 24.3 Å². The largest absolute Gasteiger partial charge is 0.481 e. The molecule has 1 saturated carbocycles. The highest BCUT2D eigenvalue weighted by Gasteiger charge is 2.29. The molecule has 4 rings (SSSR count). The SMILES string of the molecule is Cc1cc2c(NCc3cccc(OCCl)c3)nc(C3CCC(C(=O)O)CC3)nc2s1. The average Bonchev–Trinajstić information content (AvgIpc) is 3.13. The van der Waals surface area contributed by atoms with E-state index in [1.165, 1.54) is 4.88 Å². The second-order valence-electron chi connectivity index (χ2n) is 7.65. The number of carboxylic acid groups (broad SMARTS) is 1. The lowest BCUT2D eigenvalue weighted by Gasteiger charge is -2.25. The number of hydrogen-bond acceptors (Lipinski definition) is 6. The maximum Gasteiger partial charge on any atom is 0.306 e. The molecule has 30 heavy (non-hydrogen) atoms. The number of nitrogens with zero attached hydrogens (tertiary/aromatic N) is 2. The van der Waals surface area contributed by atoms with Crippen molar-refractivity contribution in [2.45, 2.75) is 45.1 Å². The van der Waals surface area contributed by atoms with Crippen LogP contribution in [0, 0.1) is 12.8 Å². The van der Waals surface area contributed by atoms with E-state index in [0.29, 0.717) is 19.4 Å². The Bertz CT molecular complexity index is 1050. The molecule has 0 spiro atoms. The highest BCUT2D eigenvalue weighted by atomic mass is 35.5. The average molecular weight is 446 g/mol. The number of carbonyl (C=O) groups is 1. The second kappa shape index (κ2) is 9.18. The molecular weight excluding hydrogens is 422 g/mol. The Balaban J connectivity index is 1.56. The van der Waals surface area contributed by atoms with E-state index in [9.17, 15) is 9.90 Å². The minimum atomic E-state index is -0.693. The fourth-order valence-electron chi connectivity index (χ4n) is 3.97. The Morgan fingerprint density at radius 1 is 1.27 bits per heavy atom. The molecule has 6 nitrogen and oxygen atoms in total. The van der Waals surface area contributed by atoms with Gasteiger partial charge < -0.3 is 15.2 Å². The smallest absolute Gasteiger partial charge is 0.306 e. The summed E-state index contributed by atoms with van der Waals surface area (Å²) in [4.78, 5) is 23.1. The van der Waals surface area contributed by atoms with Gasteiger partial charge in [0.05, 0.1) is 11.3 Å². The molecule has 3 aromatic rings. The van der Waals surface area contributed by atoms with Crippen molar-refractivity contribution < 1.29 is 14.6 Å². The van der Waals surface area contributed by atoms with Gasteiger partial charge in [-0.2, -0.15) is 0 Å². The maximum absolute atomic E-state index is 11.3. The van der Waals surface area contributed by atoms with Crippen LogP contribution < -0.4 is 10.1 Å². The topological polar surface area (TPSA) is 84.3 Å². The van der Waals surface area contributed by atoms with E-state index in [-0.39, 0.29) is 17.9 Å². The molecular formula is C22H24ClN3O3S. The van der Waals surface area contributed by atoms with Gasteiger partial charge in [-0.15, -0.1) is 11.3 Å². The minimum absolute atomic E-state index is 0.116. The number of alkyl halides is 1. The number of nitrogens with one attached hydrogen (secondary N) is 1.